The van der Waals surface area contributed by atoms with E-state index in [1.807, 2.05) is 42.5 Å². The van der Waals surface area contributed by atoms with Gasteiger partial charge in [0.2, 0.25) is 5.91 Å². The van der Waals surface area contributed by atoms with E-state index < -0.39 is 30.1 Å². The van der Waals surface area contributed by atoms with Crippen LogP contribution >= 0.6 is 0 Å². The van der Waals surface area contributed by atoms with E-state index in [4.69, 9.17) is 10.5 Å². The Hall–Kier alpha value is -3.52. The molecule has 2 amide bonds. The van der Waals surface area contributed by atoms with Gasteiger partial charge < -0.3 is 20.7 Å². The molecule has 0 heterocycles. The summed E-state index contributed by atoms with van der Waals surface area (Å²) in [5.41, 5.74) is 10.6. The van der Waals surface area contributed by atoms with Crippen molar-refractivity contribution in [2.24, 2.45) is 11.7 Å². The van der Waals surface area contributed by atoms with E-state index in [0.717, 1.165) is 22.3 Å². The molecule has 2 unspecified atom stereocenters. The Balaban J connectivity index is 1.38. The third-order valence-corrected chi connectivity index (χ3v) is 6.99. The third-order valence-electron chi connectivity index (χ3n) is 6.99. The highest BCUT2D eigenvalue weighted by Gasteiger charge is 2.32. The fourth-order valence-electron chi connectivity index (χ4n) is 5.04. The van der Waals surface area contributed by atoms with Crippen molar-refractivity contribution in [3.05, 3.63) is 95.6 Å². The molecule has 5 N–H and O–H groups in total. The van der Waals surface area contributed by atoms with Crippen molar-refractivity contribution >= 4 is 12.0 Å². The van der Waals surface area contributed by atoms with Gasteiger partial charge in [-0.05, 0) is 47.2 Å². The summed E-state index contributed by atoms with van der Waals surface area (Å²) in [5.74, 6) is -1.63. The Morgan fingerprint density at radius 3 is 2.08 bits per heavy atom. The van der Waals surface area contributed by atoms with Crippen molar-refractivity contribution in [3.8, 4) is 11.1 Å². The van der Waals surface area contributed by atoms with E-state index in [9.17, 15) is 19.8 Å². The van der Waals surface area contributed by atoms with Gasteiger partial charge in [-0.2, -0.15) is 0 Å². The minimum Gasteiger partial charge on any atom is -0.448 e. The number of aliphatic hydroxyl groups excluding tert-OH is 2. The number of fused-ring (bicyclic) bond motifs is 3. The molecule has 194 valence electrons. The predicted molar refractivity (Wildman–Crippen MR) is 142 cm³/mol. The standard InChI is InChI=1S/C30H34N2O5/c31-17-9-8-16-25(28(34)18-27(33)20-10-2-1-3-11-20)29(35)32-30(36)37-19-26-23-14-6-4-12-21(23)22-13-5-7-15-24(22)26/h1-7,10-15,25-28,33-34H,8-9,16-19,31H2,(H,32,35,36)/t25-,27?,28?/m0/s1. The molecule has 7 heteroatoms. The van der Waals surface area contributed by atoms with Crippen LogP contribution in [0.25, 0.3) is 11.1 Å². The molecule has 0 radical (unpaired) electrons. The highest BCUT2D eigenvalue weighted by molar-refractivity contribution is 5.93. The van der Waals surface area contributed by atoms with Gasteiger partial charge in [-0.3, -0.25) is 10.1 Å². The first kappa shape index (κ1) is 26.5. The number of carbonyl (C=O) groups excluding carboxylic acids is 2. The second kappa shape index (κ2) is 12.6. The Bertz CT molecular complexity index is 1150. The van der Waals surface area contributed by atoms with Crippen molar-refractivity contribution < 1.29 is 24.5 Å². The van der Waals surface area contributed by atoms with Crippen LogP contribution in [-0.2, 0) is 9.53 Å². The normalized spacial score (nSPS) is 14.8. The van der Waals surface area contributed by atoms with Crippen molar-refractivity contribution in [1.29, 1.82) is 0 Å². The average Bonchev–Trinajstić information content (AvgIpc) is 3.24. The zero-order valence-electron chi connectivity index (χ0n) is 20.8. The third kappa shape index (κ3) is 6.43. The smallest absolute Gasteiger partial charge is 0.413 e. The quantitative estimate of drug-likeness (QED) is 0.290. The van der Waals surface area contributed by atoms with Crippen LogP contribution in [0.5, 0.6) is 0 Å². The lowest BCUT2D eigenvalue weighted by Gasteiger charge is -2.24. The van der Waals surface area contributed by atoms with Gasteiger partial charge in [0.1, 0.15) is 6.61 Å². The van der Waals surface area contributed by atoms with Gasteiger partial charge in [0.25, 0.3) is 0 Å². The van der Waals surface area contributed by atoms with E-state index >= 15 is 0 Å². The average molecular weight is 503 g/mol. The number of aliphatic hydroxyl groups is 2. The van der Waals surface area contributed by atoms with Crippen LogP contribution in [0.4, 0.5) is 4.79 Å². The first-order chi connectivity index (χ1) is 18.0. The first-order valence-electron chi connectivity index (χ1n) is 12.8. The number of hydrogen-bond acceptors (Lipinski definition) is 6. The topological polar surface area (TPSA) is 122 Å². The fourth-order valence-corrected chi connectivity index (χ4v) is 5.04. The first-order valence-corrected chi connectivity index (χ1v) is 12.8. The van der Waals surface area contributed by atoms with Crippen LogP contribution in [0.2, 0.25) is 0 Å². The number of hydrogen-bond donors (Lipinski definition) is 4. The molecule has 0 saturated heterocycles. The molecule has 3 atom stereocenters. The lowest BCUT2D eigenvalue weighted by molar-refractivity contribution is -0.129. The van der Waals surface area contributed by atoms with E-state index in [2.05, 4.69) is 17.4 Å². The number of nitrogens with two attached hydrogens (primary N) is 1. The van der Waals surface area contributed by atoms with E-state index in [1.165, 1.54) is 0 Å². The summed E-state index contributed by atoms with van der Waals surface area (Å²) in [6.45, 7) is 0.545. The monoisotopic (exact) mass is 502 g/mol. The van der Waals surface area contributed by atoms with Gasteiger partial charge >= 0.3 is 6.09 Å². The number of ether oxygens (including phenoxy) is 1. The SMILES string of the molecule is NCCCC[C@H](C(=O)NC(=O)OCC1c2ccccc2-c2ccccc21)C(O)CC(O)c1ccccc1. The molecular weight excluding hydrogens is 468 g/mol. The van der Waals surface area contributed by atoms with Gasteiger partial charge in [-0.25, -0.2) is 4.79 Å². The molecule has 0 aromatic heterocycles. The van der Waals surface area contributed by atoms with Gasteiger partial charge in [-0.15, -0.1) is 0 Å². The van der Waals surface area contributed by atoms with E-state index in [0.29, 0.717) is 31.4 Å². The Labute approximate surface area is 217 Å². The molecule has 3 aromatic rings. The fraction of sp³-hybridized carbons (Fsp3) is 0.333. The Kier molecular flexibility index (Phi) is 9.06. The number of carbonyl (C=O) groups is 2. The molecule has 0 fully saturated rings. The van der Waals surface area contributed by atoms with Crippen LogP contribution in [0.15, 0.2) is 78.9 Å². The highest BCUT2D eigenvalue weighted by atomic mass is 16.5. The largest absolute Gasteiger partial charge is 0.448 e. The van der Waals surface area contributed by atoms with Crippen LogP contribution < -0.4 is 11.1 Å². The van der Waals surface area contributed by atoms with E-state index in [1.54, 1.807) is 24.3 Å². The molecule has 37 heavy (non-hydrogen) atoms. The summed E-state index contributed by atoms with van der Waals surface area (Å²) in [4.78, 5) is 25.6. The van der Waals surface area contributed by atoms with Crippen molar-refractivity contribution in [3.63, 3.8) is 0 Å². The van der Waals surface area contributed by atoms with Crippen LogP contribution in [0.1, 0.15) is 54.4 Å². The van der Waals surface area contributed by atoms with E-state index in [-0.39, 0.29) is 18.9 Å². The number of nitrogens with one attached hydrogen (secondary N) is 1. The second-order valence-electron chi connectivity index (χ2n) is 9.44. The molecule has 4 rings (SSSR count). The summed E-state index contributed by atoms with van der Waals surface area (Å²) in [7, 11) is 0. The molecule has 1 aliphatic rings. The lowest BCUT2D eigenvalue weighted by atomic mass is 9.90. The van der Waals surface area contributed by atoms with Gasteiger partial charge in [0.05, 0.1) is 18.1 Å². The van der Waals surface area contributed by atoms with Crippen LogP contribution in [0.3, 0.4) is 0 Å². The maximum atomic E-state index is 13.0. The lowest BCUT2D eigenvalue weighted by Crippen LogP contribution is -2.41. The maximum Gasteiger partial charge on any atom is 0.413 e. The van der Waals surface area contributed by atoms with Gasteiger partial charge in [0, 0.05) is 12.3 Å². The van der Waals surface area contributed by atoms with Crippen LogP contribution in [0, 0.1) is 5.92 Å². The predicted octanol–water partition coefficient (Wildman–Crippen LogP) is 4.28. The number of rotatable bonds is 11. The molecule has 0 bridgehead atoms. The molecule has 0 aliphatic heterocycles. The van der Waals surface area contributed by atoms with Crippen LogP contribution in [-0.4, -0.2) is 41.5 Å². The number of amides is 2. The molecular formula is C30H34N2O5. The molecule has 0 saturated carbocycles. The summed E-state index contributed by atoms with van der Waals surface area (Å²) < 4.78 is 5.49. The van der Waals surface area contributed by atoms with Crippen molar-refractivity contribution in [2.75, 3.05) is 13.2 Å². The molecule has 0 spiro atoms. The number of alkyl carbamates (subject to hydrolysis) is 1. The Morgan fingerprint density at radius 1 is 0.865 bits per heavy atom. The Morgan fingerprint density at radius 2 is 1.46 bits per heavy atom. The number of unbranched alkanes of at least 4 members (excludes halogenated alkanes) is 1. The summed E-state index contributed by atoms with van der Waals surface area (Å²) >= 11 is 0. The summed E-state index contributed by atoms with van der Waals surface area (Å²) in [6, 6.07) is 25.0. The molecule has 3 aromatic carbocycles. The minimum atomic E-state index is -1.14. The maximum absolute atomic E-state index is 13.0. The summed E-state index contributed by atoms with van der Waals surface area (Å²) in [5, 5.41) is 23.7. The van der Waals surface area contributed by atoms with Crippen molar-refractivity contribution in [2.45, 2.75) is 43.8 Å². The van der Waals surface area contributed by atoms with Crippen molar-refractivity contribution in [1.82, 2.24) is 5.32 Å². The zero-order valence-corrected chi connectivity index (χ0v) is 20.8. The second-order valence-corrected chi connectivity index (χ2v) is 9.44. The summed E-state index contributed by atoms with van der Waals surface area (Å²) in [6.07, 6.45) is -1.34. The highest BCUT2D eigenvalue weighted by Crippen LogP contribution is 2.44. The molecule has 7 nitrogen and oxygen atoms in total. The number of imide groups is 1. The minimum absolute atomic E-state index is 0.0323. The van der Waals surface area contributed by atoms with Gasteiger partial charge in [0.15, 0.2) is 0 Å². The number of benzene rings is 3. The van der Waals surface area contributed by atoms with Gasteiger partial charge in [-0.1, -0.05) is 85.3 Å². The molecule has 1 aliphatic carbocycles. The zero-order chi connectivity index (χ0) is 26.2.